The van der Waals surface area contributed by atoms with Crippen LogP contribution in [0.1, 0.15) is 0 Å². The van der Waals surface area contributed by atoms with Crippen LogP contribution in [0.4, 0.5) is 4.79 Å². The molecule has 13 heavy (non-hydrogen) atoms. The van der Waals surface area contributed by atoms with Gasteiger partial charge in [0.05, 0.1) is 13.1 Å². The van der Waals surface area contributed by atoms with Gasteiger partial charge in [0.15, 0.2) is 0 Å². The van der Waals surface area contributed by atoms with Crippen molar-refractivity contribution in [2.24, 2.45) is 0 Å². The highest BCUT2D eigenvalue weighted by molar-refractivity contribution is 5.82. The molecule has 1 aliphatic heterocycles. The summed E-state index contributed by atoms with van der Waals surface area (Å²) in [5, 5.41) is 2.46. The van der Waals surface area contributed by atoms with Crippen molar-refractivity contribution >= 4 is 12.0 Å². The molecular formula is C8H10N2O3. The zero-order chi connectivity index (χ0) is 9.68. The summed E-state index contributed by atoms with van der Waals surface area (Å²) >= 11 is 0. The van der Waals surface area contributed by atoms with E-state index in [1.165, 1.54) is 4.90 Å². The van der Waals surface area contributed by atoms with E-state index in [9.17, 15) is 9.59 Å². The van der Waals surface area contributed by atoms with Gasteiger partial charge < -0.3 is 10.1 Å². The summed E-state index contributed by atoms with van der Waals surface area (Å²) < 4.78 is 4.64. The number of hydrogen-bond acceptors (Lipinski definition) is 3. The van der Waals surface area contributed by atoms with Crippen molar-refractivity contribution in [3.8, 4) is 12.3 Å². The molecule has 5 heteroatoms. The van der Waals surface area contributed by atoms with E-state index in [1.54, 1.807) is 0 Å². The molecule has 0 unspecified atom stereocenters. The van der Waals surface area contributed by atoms with E-state index in [1.807, 2.05) is 0 Å². The maximum atomic E-state index is 11.0. The number of cyclic esters (lactones) is 1. The van der Waals surface area contributed by atoms with Gasteiger partial charge in [-0.2, -0.15) is 0 Å². The molecular weight excluding hydrogens is 172 g/mol. The van der Waals surface area contributed by atoms with Crippen molar-refractivity contribution < 1.29 is 14.3 Å². The molecule has 0 aromatic carbocycles. The van der Waals surface area contributed by atoms with Crippen molar-refractivity contribution in [1.82, 2.24) is 10.2 Å². The van der Waals surface area contributed by atoms with E-state index < -0.39 is 6.09 Å². The first-order chi connectivity index (χ1) is 6.24. The summed E-state index contributed by atoms with van der Waals surface area (Å²) in [6.45, 7) is 1.01. The molecule has 0 atom stereocenters. The highest BCUT2D eigenvalue weighted by Crippen LogP contribution is 2.01. The van der Waals surface area contributed by atoms with Gasteiger partial charge in [0, 0.05) is 0 Å². The van der Waals surface area contributed by atoms with Gasteiger partial charge in [-0.25, -0.2) is 4.79 Å². The number of amides is 2. The van der Waals surface area contributed by atoms with Gasteiger partial charge >= 0.3 is 6.09 Å². The van der Waals surface area contributed by atoms with Crippen LogP contribution in [-0.2, 0) is 9.53 Å². The number of carbonyl (C=O) groups excluding carboxylic acids is 2. The molecule has 5 nitrogen and oxygen atoms in total. The van der Waals surface area contributed by atoms with E-state index in [2.05, 4.69) is 16.0 Å². The molecule has 1 saturated heterocycles. The van der Waals surface area contributed by atoms with Crippen LogP contribution in [0.2, 0.25) is 0 Å². The van der Waals surface area contributed by atoms with Gasteiger partial charge in [-0.3, -0.25) is 9.69 Å². The maximum Gasteiger partial charge on any atom is 0.410 e. The average Bonchev–Trinajstić information content (AvgIpc) is 2.48. The van der Waals surface area contributed by atoms with Gasteiger partial charge in [-0.1, -0.05) is 5.92 Å². The molecule has 0 aliphatic carbocycles. The Balaban J connectivity index is 2.28. The fourth-order valence-electron chi connectivity index (χ4n) is 0.948. The van der Waals surface area contributed by atoms with Crippen molar-refractivity contribution in [2.45, 2.75) is 0 Å². The fraction of sp³-hybridized carbons (Fsp3) is 0.500. The lowest BCUT2D eigenvalue weighted by atomic mass is 10.5. The number of terminal acetylenes is 1. The Bertz CT molecular complexity index is 257. The van der Waals surface area contributed by atoms with Gasteiger partial charge in [-0.15, -0.1) is 6.42 Å². The van der Waals surface area contributed by atoms with Crippen LogP contribution in [0.15, 0.2) is 0 Å². The lowest BCUT2D eigenvalue weighted by molar-refractivity contribution is -0.121. The number of carbonyl (C=O) groups is 2. The summed E-state index contributed by atoms with van der Waals surface area (Å²) in [4.78, 5) is 23.2. The first kappa shape index (κ1) is 9.39. The number of nitrogens with zero attached hydrogens (tertiary/aromatic N) is 1. The molecule has 0 bridgehead atoms. The van der Waals surface area contributed by atoms with E-state index >= 15 is 0 Å². The number of nitrogens with one attached hydrogen (secondary N) is 1. The van der Waals surface area contributed by atoms with Crippen LogP contribution in [-0.4, -0.2) is 43.1 Å². The molecule has 1 heterocycles. The third-order valence-electron chi connectivity index (χ3n) is 1.57. The topological polar surface area (TPSA) is 58.6 Å². The lowest BCUT2D eigenvalue weighted by Crippen LogP contribution is -2.37. The van der Waals surface area contributed by atoms with Crippen LogP contribution in [0.3, 0.4) is 0 Å². The first-order valence-electron chi connectivity index (χ1n) is 3.86. The van der Waals surface area contributed by atoms with E-state index in [4.69, 9.17) is 6.42 Å². The van der Waals surface area contributed by atoms with Crippen molar-refractivity contribution in [1.29, 1.82) is 0 Å². The van der Waals surface area contributed by atoms with Crippen LogP contribution in [0.5, 0.6) is 0 Å². The Morgan fingerprint density at radius 1 is 1.77 bits per heavy atom. The number of ether oxygens (including phenoxy) is 1. The van der Waals surface area contributed by atoms with Crippen LogP contribution < -0.4 is 5.32 Å². The second kappa shape index (κ2) is 4.36. The quantitative estimate of drug-likeness (QED) is 0.580. The van der Waals surface area contributed by atoms with Gasteiger partial charge in [0.1, 0.15) is 13.2 Å². The Hall–Kier alpha value is -1.70. The summed E-state index contributed by atoms with van der Waals surface area (Å²) in [7, 11) is 0. The third-order valence-corrected chi connectivity index (χ3v) is 1.57. The van der Waals surface area contributed by atoms with Crippen LogP contribution in [0, 0.1) is 12.3 Å². The second-order valence-corrected chi connectivity index (χ2v) is 2.52. The highest BCUT2D eigenvalue weighted by Gasteiger charge is 2.23. The molecule has 1 fully saturated rings. The standard InChI is InChI=1S/C8H10N2O3/c1-2-3-9-7(11)6-10-4-5-13-8(10)12/h1H,3-6H2,(H,9,11). The van der Waals surface area contributed by atoms with Crippen molar-refractivity contribution in [3.05, 3.63) is 0 Å². The molecule has 1 aliphatic rings. The lowest BCUT2D eigenvalue weighted by Gasteiger charge is -2.10. The number of hydrogen-bond donors (Lipinski definition) is 1. The molecule has 0 aromatic rings. The third kappa shape index (κ3) is 2.67. The summed E-state index contributed by atoms with van der Waals surface area (Å²) in [5.74, 6) is 2.00. The molecule has 70 valence electrons. The molecule has 0 radical (unpaired) electrons. The second-order valence-electron chi connectivity index (χ2n) is 2.52. The zero-order valence-electron chi connectivity index (χ0n) is 7.08. The van der Waals surface area contributed by atoms with Gasteiger partial charge in [0.25, 0.3) is 0 Å². The summed E-state index contributed by atoms with van der Waals surface area (Å²) in [5.41, 5.74) is 0. The molecule has 1 rings (SSSR count). The average molecular weight is 182 g/mol. The van der Waals surface area contributed by atoms with Crippen molar-refractivity contribution in [2.75, 3.05) is 26.2 Å². The molecule has 1 N–H and O–H groups in total. The van der Waals surface area contributed by atoms with E-state index in [0.29, 0.717) is 13.2 Å². The minimum atomic E-state index is -0.448. The molecule has 0 saturated carbocycles. The highest BCUT2D eigenvalue weighted by atomic mass is 16.6. The predicted octanol–water partition coefficient (Wildman–Crippen LogP) is -0.812. The molecule has 0 aromatic heterocycles. The van der Waals surface area contributed by atoms with Crippen LogP contribution in [0.25, 0.3) is 0 Å². The minimum Gasteiger partial charge on any atom is -0.448 e. The smallest absolute Gasteiger partial charge is 0.410 e. The van der Waals surface area contributed by atoms with Gasteiger partial charge in [0.2, 0.25) is 5.91 Å². The largest absolute Gasteiger partial charge is 0.448 e. The maximum absolute atomic E-state index is 11.0. The monoisotopic (exact) mass is 182 g/mol. The molecule has 2 amide bonds. The van der Waals surface area contributed by atoms with Gasteiger partial charge in [-0.05, 0) is 0 Å². The number of rotatable bonds is 3. The first-order valence-corrected chi connectivity index (χ1v) is 3.86. The van der Waals surface area contributed by atoms with Crippen molar-refractivity contribution in [3.63, 3.8) is 0 Å². The Kier molecular flexibility index (Phi) is 3.15. The fourth-order valence-corrected chi connectivity index (χ4v) is 0.948. The summed E-state index contributed by atoms with van der Waals surface area (Å²) in [6.07, 6.45) is 4.49. The van der Waals surface area contributed by atoms with E-state index in [-0.39, 0.29) is 19.0 Å². The minimum absolute atomic E-state index is 0.0144. The predicted molar refractivity (Wildman–Crippen MR) is 44.8 cm³/mol. The summed E-state index contributed by atoms with van der Waals surface area (Å²) in [6, 6.07) is 0. The normalized spacial score (nSPS) is 15.0. The Labute approximate surface area is 76.0 Å². The SMILES string of the molecule is C#CCNC(=O)CN1CCOC1=O. The van der Waals surface area contributed by atoms with Crippen LogP contribution >= 0.6 is 0 Å². The van der Waals surface area contributed by atoms with E-state index in [0.717, 1.165) is 0 Å². The Morgan fingerprint density at radius 3 is 3.08 bits per heavy atom. The molecule has 0 spiro atoms. The Morgan fingerprint density at radius 2 is 2.54 bits per heavy atom. The zero-order valence-corrected chi connectivity index (χ0v) is 7.08.